The van der Waals surface area contributed by atoms with Crippen LogP contribution in [0.3, 0.4) is 0 Å². The van der Waals surface area contributed by atoms with Gasteiger partial charge in [-0.15, -0.1) is 0 Å². The molecule has 1 nitrogen and oxygen atoms in total. The zero-order valence-corrected chi connectivity index (χ0v) is 12.5. The van der Waals surface area contributed by atoms with Crippen LogP contribution in [0.25, 0.3) is 0 Å². The molecular formula is C16H25NS. The molecule has 0 radical (unpaired) electrons. The van der Waals surface area contributed by atoms with Gasteiger partial charge in [0.05, 0.1) is 0 Å². The van der Waals surface area contributed by atoms with Gasteiger partial charge in [0, 0.05) is 12.0 Å². The number of hydrogen-bond acceptors (Lipinski definition) is 2. The van der Waals surface area contributed by atoms with Crippen molar-refractivity contribution in [3.63, 3.8) is 0 Å². The van der Waals surface area contributed by atoms with Gasteiger partial charge in [-0.3, -0.25) is 0 Å². The summed E-state index contributed by atoms with van der Waals surface area (Å²) in [4.78, 5) is 0. The Kier molecular flexibility index (Phi) is 5.13. The van der Waals surface area contributed by atoms with Crippen LogP contribution in [-0.2, 0) is 11.8 Å². The van der Waals surface area contributed by atoms with Crippen molar-refractivity contribution in [3.8, 4) is 0 Å². The highest BCUT2D eigenvalue weighted by molar-refractivity contribution is 7.98. The van der Waals surface area contributed by atoms with E-state index in [1.54, 1.807) is 11.1 Å². The molecule has 0 saturated carbocycles. The summed E-state index contributed by atoms with van der Waals surface area (Å²) in [5.41, 5.74) is 3.59. The van der Waals surface area contributed by atoms with Crippen LogP contribution in [0.5, 0.6) is 0 Å². The molecule has 1 aliphatic rings. The van der Waals surface area contributed by atoms with Gasteiger partial charge in [0.1, 0.15) is 0 Å². The van der Waals surface area contributed by atoms with Crippen molar-refractivity contribution in [1.29, 1.82) is 0 Å². The Balaban J connectivity index is 2.28. The highest BCUT2D eigenvalue weighted by Crippen LogP contribution is 2.40. The molecule has 1 aromatic rings. The van der Waals surface area contributed by atoms with Crippen molar-refractivity contribution < 1.29 is 0 Å². The fraction of sp³-hybridized carbons (Fsp3) is 0.625. The lowest BCUT2D eigenvalue weighted by Crippen LogP contribution is -2.41. The van der Waals surface area contributed by atoms with E-state index < -0.39 is 0 Å². The predicted molar refractivity (Wildman–Crippen MR) is 82.6 cm³/mol. The normalized spacial score (nSPS) is 22.8. The summed E-state index contributed by atoms with van der Waals surface area (Å²) in [6.07, 6.45) is 7.48. The first-order chi connectivity index (χ1) is 8.82. The lowest BCUT2D eigenvalue weighted by molar-refractivity contribution is 0.333. The summed E-state index contributed by atoms with van der Waals surface area (Å²) in [7, 11) is 0. The standard InChI is InChI=1S/C16H25NS/c1-3-17-13-16(11-12-18-2)10-6-8-14-7-4-5-9-15(14)16/h4-5,7,9,17H,3,6,8,10-13H2,1-2H3. The van der Waals surface area contributed by atoms with Crippen molar-refractivity contribution >= 4 is 11.8 Å². The van der Waals surface area contributed by atoms with Crippen molar-refractivity contribution in [3.05, 3.63) is 35.4 Å². The molecule has 0 amide bonds. The first-order valence-electron chi connectivity index (χ1n) is 7.10. The maximum absolute atomic E-state index is 3.60. The van der Waals surface area contributed by atoms with Gasteiger partial charge in [0.25, 0.3) is 0 Å². The number of thioether (sulfide) groups is 1. The second-order valence-corrected chi connectivity index (χ2v) is 6.30. The zero-order chi connectivity index (χ0) is 12.8. The van der Waals surface area contributed by atoms with Crippen LogP contribution in [0, 0.1) is 0 Å². The molecule has 0 aliphatic heterocycles. The van der Waals surface area contributed by atoms with Gasteiger partial charge < -0.3 is 5.32 Å². The van der Waals surface area contributed by atoms with E-state index in [4.69, 9.17) is 0 Å². The maximum atomic E-state index is 3.60. The van der Waals surface area contributed by atoms with Crippen molar-refractivity contribution in [1.82, 2.24) is 5.32 Å². The Morgan fingerprint density at radius 1 is 1.33 bits per heavy atom. The smallest absolute Gasteiger partial charge is 0.00884 e. The van der Waals surface area contributed by atoms with Crippen LogP contribution >= 0.6 is 11.8 Å². The number of nitrogens with one attached hydrogen (secondary N) is 1. The first-order valence-corrected chi connectivity index (χ1v) is 8.50. The van der Waals surface area contributed by atoms with Crippen LogP contribution in [0.4, 0.5) is 0 Å². The summed E-state index contributed by atoms with van der Waals surface area (Å²) in [6.45, 7) is 4.42. The fourth-order valence-corrected chi connectivity index (χ4v) is 3.80. The molecule has 1 atom stereocenters. The third kappa shape index (κ3) is 2.92. The second kappa shape index (κ2) is 6.63. The molecule has 2 rings (SSSR count). The molecule has 1 aromatic carbocycles. The van der Waals surface area contributed by atoms with Crippen molar-refractivity contribution in [2.45, 2.75) is 38.0 Å². The monoisotopic (exact) mass is 263 g/mol. The maximum Gasteiger partial charge on any atom is 0.00884 e. The van der Waals surface area contributed by atoms with Crippen LogP contribution in [0.1, 0.15) is 37.3 Å². The minimum Gasteiger partial charge on any atom is -0.316 e. The lowest BCUT2D eigenvalue weighted by Gasteiger charge is -2.39. The fourth-order valence-electron chi connectivity index (χ4n) is 3.20. The van der Waals surface area contributed by atoms with E-state index in [-0.39, 0.29) is 0 Å². The Morgan fingerprint density at radius 3 is 2.94 bits per heavy atom. The van der Waals surface area contributed by atoms with E-state index in [9.17, 15) is 0 Å². The number of rotatable bonds is 6. The Labute approximate surface area is 116 Å². The van der Waals surface area contributed by atoms with Crippen LogP contribution in [0.2, 0.25) is 0 Å². The van der Waals surface area contributed by atoms with Gasteiger partial charge in [0.15, 0.2) is 0 Å². The summed E-state index contributed by atoms with van der Waals surface area (Å²) in [5, 5.41) is 3.60. The molecule has 1 N–H and O–H groups in total. The van der Waals surface area contributed by atoms with E-state index in [1.807, 2.05) is 11.8 Å². The Hall–Kier alpha value is -0.470. The predicted octanol–water partition coefficient (Wildman–Crippen LogP) is 3.62. The molecule has 2 heteroatoms. The molecule has 1 aliphatic carbocycles. The van der Waals surface area contributed by atoms with Crippen LogP contribution in [-0.4, -0.2) is 25.1 Å². The molecule has 0 aromatic heterocycles. The summed E-state index contributed by atoms with van der Waals surface area (Å²) in [6, 6.07) is 9.10. The van der Waals surface area contributed by atoms with E-state index in [1.165, 1.54) is 31.4 Å². The molecule has 0 heterocycles. The van der Waals surface area contributed by atoms with Crippen molar-refractivity contribution in [2.75, 3.05) is 25.1 Å². The second-order valence-electron chi connectivity index (χ2n) is 5.31. The number of benzene rings is 1. The van der Waals surface area contributed by atoms with Gasteiger partial charge in [-0.05, 0) is 55.4 Å². The minimum atomic E-state index is 0.383. The van der Waals surface area contributed by atoms with Gasteiger partial charge in [-0.25, -0.2) is 0 Å². The van der Waals surface area contributed by atoms with Crippen LogP contribution in [0.15, 0.2) is 24.3 Å². The molecule has 1 unspecified atom stereocenters. The average Bonchev–Trinajstić information content (AvgIpc) is 2.43. The van der Waals surface area contributed by atoms with Crippen molar-refractivity contribution in [2.24, 2.45) is 0 Å². The number of hydrogen-bond donors (Lipinski definition) is 1. The molecule has 100 valence electrons. The zero-order valence-electron chi connectivity index (χ0n) is 11.7. The molecule has 0 fully saturated rings. The SMILES string of the molecule is CCNCC1(CCSC)CCCc2ccccc21. The van der Waals surface area contributed by atoms with Gasteiger partial charge in [-0.2, -0.15) is 11.8 Å². The number of aryl methyl sites for hydroxylation is 1. The van der Waals surface area contributed by atoms with Crippen LogP contribution < -0.4 is 5.32 Å². The number of likely N-dealkylation sites (N-methyl/N-ethyl adjacent to an activating group) is 1. The van der Waals surface area contributed by atoms with E-state index in [0.29, 0.717) is 5.41 Å². The quantitative estimate of drug-likeness (QED) is 0.841. The molecule has 0 bridgehead atoms. The van der Waals surface area contributed by atoms with Gasteiger partial charge in [0.2, 0.25) is 0 Å². The Morgan fingerprint density at radius 2 is 2.17 bits per heavy atom. The molecule has 0 spiro atoms. The molecule has 0 saturated heterocycles. The molecular weight excluding hydrogens is 238 g/mol. The summed E-state index contributed by atoms with van der Waals surface area (Å²) >= 11 is 1.97. The highest BCUT2D eigenvalue weighted by Gasteiger charge is 2.35. The van der Waals surface area contributed by atoms with E-state index >= 15 is 0 Å². The Bertz CT molecular complexity index is 367. The number of fused-ring (bicyclic) bond motifs is 1. The largest absolute Gasteiger partial charge is 0.316 e. The first kappa shape index (κ1) is 14.0. The molecule has 18 heavy (non-hydrogen) atoms. The highest BCUT2D eigenvalue weighted by atomic mass is 32.2. The topological polar surface area (TPSA) is 12.0 Å². The summed E-state index contributed by atoms with van der Waals surface area (Å²) < 4.78 is 0. The van der Waals surface area contributed by atoms with Gasteiger partial charge in [-0.1, -0.05) is 31.2 Å². The average molecular weight is 263 g/mol. The third-order valence-electron chi connectivity index (χ3n) is 4.19. The van der Waals surface area contributed by atoms with E-state index in [0.717, 1.165) is 13.1 Å². The third-order valence-corrected chi connectivity index (χ3v) is 4.80. The van der Waals surface area contributed by atoms with E-state index in [2.05, 4.69) is 42.8 Å². The van der Waals surface area contributed by atoms with Gasteiger partial charge >= 0.3 is 0 Å². The summed E-state index contributed by atoms with van der Waals surface area (Å²) in [5.74, 6) is 1.26. The lowest BCUT2D eigenvalue weighted by atomic mass is 9.68. The minimum absolute atomic E-state index is 0.383.